The Morgan fingerprint density at radius 3 is 2.64 bits per heavy atom. The number of fused-ring (bicyclic) bond motifs is 7. The molecule has 0 saturated carbocycles. The molecule has 4 aliphatic heterocycles. The smallest absolute Gasteiger partial charge is 0.270 e. The first kappa shape index (κ1) is 24.0. The Bertz CT molecular complexity index is 1660. The Morgan fingerprint density at radius 1 is 1.05 bits per heavy atom. The first-order chi connectivity index (χ1) is 18.7. The number of para-hydroxylation sites is 1. The summed E-state index contributed by atoms with van der Waals surface area (Å²) in [6, 6.07) is 15.8. The van der Waals surface area contributed by atoms with Crippen LogP contribution in [0.5, 0.6) is 0 Å². The van der Waals surface area contributed by atoms with Gasteiger partial charge in [-0.15, -0.1) is 0 Å². The van der Waals surface area contributed by atoms with Crippen LogP contribution < -0.4 is 10.6 Å². The maximum atomic E-state index is 14.8. The lowest BCUT2D eigenvalue weighted by Gasteiger charge is -2.38. The number of non-ortho nitro benzene ring substituents is 1. The minimum Gasteiger partial charge on any atom is -0.325 e. The molecule has 0 aromatic heterocycles. The van der Waals surface area contributed by atoms with E-state index in [0.29, 0.717) is 46.1 Å². The summed E-state index contributed by atoms with van der Waals surface area (Å²) in [5.41, 5.74) is 0.0279. The van der Waals surface area contributed by atoms with Crippen LogP contribution >= 0.6 is 11.6 Å². The maximum Gasteiger partial charge on any atom is 0.270 e. The van der Waals surface area contributed by atoms with Gasteiger partial charge in [-0.1, -0.05) is 48.0 Å². The lowest BCUT2D eigenvalue weighted by atomic mass is 9.60. The Morgan fingerprint density at radius 2 is 1.85 bits per heavy atom. The number of hydrogen-bond donors (Lipinski definition) is 2. The quantitative estimate of drug-likeness (QED) is 0.284. The molecule has 4 atom stereocenters. The number of nitrogens with one attached hydrogen (secondary N) is 2. The summed E-state index contributed by atoms with van der Waals surface area (Å²) in [5.74, 6) is -2.42. The van der Waals surface area contributed by atoms with Crippen molar-refractivity contribution >= 4 is 46.3 Å². The predicted molar refractivity (Wildman–Crippen MR) is 144 cm³/mol. The number of halogens is 1. The summed E-state index contributed by atoms with van der Waals surface area (Å²) in [7, 11) is 0. The highest BCUT2D eigenvalue weighted by atomic mass is 35.5. The molecule has 2 fully saturated rings. The van der Waals surface area contributed by atoms with Crippen LogP contribution in [0.15, 0.2) is 60.7 Å². The van der Waals surface area contributed by atoms with Gasteiger partial charge in [0.25, 0.3) is 5.69 Å². The van der Waals surface area contributed by atoms with E-state index in [1.54, 1.807) is 18.2 Å². The maximum absolute atomic E-state index is 14.8. The number of rotatable bonds is 3. The molecule has 2 saturated heterocycles. The van der Waals surface area contributed by atoms with Gasteiger partial charge in [-0.05, 0) is 49.6 Å². The van der Waals surface area contributed by atoms with E-state index in [2.05, 4.69) is 10.6 Å². The van der Waals surface area contributed by atoms with Crippen molar-refractivity contribution in [3.05, 3.63) is 98.1 Å². The van der Waals surface area contributed by atoms with E-state index in [-0.39, 0.29) is 17.2 Å². The molecule has 0 radical (unpaired) electrons. The summed E-state index contributed by atoms with van der Waals surface area (Å²) in [5, 5.41) is 18.1. The van der Waals surface area contributed by atoms with Gasteiger partial charge in [-0.2, -0.15) is 0 Å². The fourth-order valence-corrected chi connectivity index (χ4v) is 7.83. The average molecular weight is 543 g/mol. The molecule has 4 heterocycles. The van der Waals surface area contributed by atoms with Gasteiger partial charge >= 0.3 is 0 Å². The van der Waals surface area contributed by atoms with E-state index in [4.69, 9.17) is 11.6 Å². The van der Waals surface area contributed by atoms with Crippen molar-refractivity contribution < 1.29 is 19.3 Å². The minimum atomic E-state index is -1.51. The summed E-state index contributed by atoms with van der Waals surface area (Å²) in [6.07, 6.45) is 1.36. The molecular formula is C29H23ClN4O5. The van der Waals surface area contributed by atoms with Crippen LogP contribution in [0.25, 0.3) is 0 Å². The van der Waals surface area contributed by atoms with Gasteiger partial charge in [0.2, 0.25) is 11.8 Å². The number of carbonyl (C=O) groups excluding carboxylic acids is 3. The number of nitro groups is 1. The minimum absolute atomic E-state index is 0.0817. The summed E-state index contributed by atoms with van der Waals surface area (Å²) in [6.45, 7) is 2.32. The third kappa shape index (κ3) is 2.76. The molecule has 39 heavy (non-hydrogen) atoms. The van der Waals surface area contributed by atoms with Crippen molar-refractivity contribution in [3.63, 3.8) is 0 Å². The van der Waals surface area contributed by atoms with Crippen LogP contribution in [-0.4, -0.2) is 40.0 Å². The number of ketones is 1. The third-order valence-electron chi connectivity index (χ3n) is 9.10. The monoisotopic (exact) mass is 542 g/mol. The van der Waals surface area contributed by atoms with Gasteiger partial charge in [-0.25, -0.2) is 0 Å². The van der Waals surface area contributed by atoms with E-state index >= 15 is 0 Å². The van der Waals surface area contributed by atoms with E-state index in [9.17, 15) is 24.5 Å². The van der Waals surface area contributed by atoms with Crippen LogP contribution in [0.4, 0.5) is 17.1 Å². The normalized spacial score (nSPS) is 28.4. The van der Waals surface area contributed by atoms with E-state index < -0.39 is 39.5 Å². The average Bonchev–Trinajstić information content (AvgIpc) is 3.65. The van der Waals surface area contributed by atoms with E-state index in [0.717, 1.165) is 6.42 Å². The van der Waals surface area contributed by atoms with E-state index in [1.807, 2.05) is 30.0 Å². The van der Waals surface area contributed by atoms with Crippen LogP contribution in [0.2, 0.25) is 5.02 Å². The zero-order valence-corrected chi connectivity index (χ0v) is 21.6. The Kier molecular flexibility index (Phi) is 4.90. The van der Waals surface area contributed by atoms with Crippen LogP contribution in [-0.2, 0) is 20.5 Å². The molecule has 2 N–H and O–H groups in total. The van der Waals surface area contributed by atoms with Gasteiger partial charge in [0.1, 0.15) is 11.0 Å². The van der Waals surface area contributed by atoms with Crippen molar-refractivity contribution in [1.82, 2.24) is 4.90 Å². The van der Waals surface area contributed by atoms with Crippen molar-refractivity contribution in [3.8, 4) is 0 Å². The molecule has 196 valence electrons. The highest BCUT2D eigenvalue weighted by Crippen LogP contribution is 2.66. The van der Waals surface area contributed by atoms with Gasteiger partial charge in [0, 0.05) is 40.0 Å². The Hall–Kier alpha value is -4.08. The number of hydrogen-bond acceptors (Lipinski definition) is 6. The second kappa shape index (κ2) is 7.97. The van der Waals surface area contributed by atoms with Crippen LogP contribution in [0.1, 0.15) is 39.9 Å². The highest BCUT2D eigenvalue weighted by molar-refractivity contribution is 6.32. The number of nitro benzene ring substituents is 1. The molecule has 7 rings (SSSR count). The standard InChI is InChI=1S/C29H23ClN4O5/c1-15-20(30)12-11-19-23(15)32-27(37)29(19)25(24(35)16-6-4-7-17(14-16)34(38)39)28(22-10-5-13-33(22)29)18-8-2-3-9-21(18)31-26(28)36/h2-4,6-9,11-12,14,22,25H,5,10,13H2,1H3,(H,31,36)(H,32,37)/t22-,25-,28+,29+/m0/s1. The zero-order valence-electron chi connectivity index (χ0n) is 20.9. The molecule has 2 spiro atoms. The van der Waals surface area contributed by atoms with Crippen molar-refractivity contribution in [2.45, 2.75) is 36.8 Å². The van der Waals surface area contributed by atoms with E-state index in [1.165, 1.54) is 24.3 Å². The van der Waals surface area contributed by atoms with Crippen molar-refractivity contribution in [2.24, 2.45) is 5.92 Å². The summed E-state index contributed by atoms with van der Waals surface area (Å²) >= 11 is 6.44. The molecule has 9 nitrogen and oxygen atoms in total. The number of carbonyl (C=O) groups is 3. The lowest BCUT2D eigenvalue weighted by molar-refractivity contribution is -0.384. The molecule has 2 amide bonds. The van der Waals surface area contributed by atoms with Crippen LogP contribution in [0.3, 0.4) is 0 Å². The second-order valence-electron chi connectivity index (χ2n) is 10.6. The number of benzene rings is 3. The fraction of sp³-hybridized carbons (Fsp3) is 0.276. The topological polar surface area (TPSA) is 122 Å². The Balaban J connectivity index is 1.58. The predicted octanol–water partition coefficient (Wildman–Crippen LogP) is 4.57. The second-order valence-corrected chi connectivity index (χ2v) is 11.0. The number of Topliss-reactive ketones (excluding diaryl/α,β-unsaturated/α-hetero) is 1. The van der Waals surface area contributed by atoms with Gasteiger partial charge in [-0.3, -0.25) is 29.4 Å². The first-order valence-electron chi connectivity index (χ1n) is 12.8. The van der Waals surface area contributed by atoms with Gasteiger partial charge < -0.3 is 10.6 Å². The lowest BCUT2D eigenvalue weighted by Crippen LogP contribution is -2.55. The molecule has 10 heteroatoms. The first-order valence-corrected chi connectivity index (χ1v) is 13.2. The molecule has 0 bridgehead atoms. The van der Waals surface area contributed by atoms with Crippen molar-refractivity contribution in [2.75, 3.05) is 17.2 Å². The number of nitrogens with zero attached hydrogens (tertiary/aromatic N) is 2. The fourth-order valence-electron chi connectivity index (χ4n) is 7.67. The molecular weight excluding hydrogens is 520 g/mol. The third-order valence-corrected chi connectivity index (χ3v) is 9.51. The zero-order chi connectivity index (χ0) is 27.3. The molecule has 0 aliphatic carbocycles. The van der Waals surface area contributed by atoms with Crippen LogP contribution in [0, 0.1) is 23.0 Å². The Labute approximate surface area is 228 Å². The summed E-state index contributed by atoms with van der Waals surface area (Å²) in [4.78, 5) is 56.5. The molecule has 4 aliphatic rings. The molecule has 3 aromatic rings. The molecule has 3 aromatic carbocycles. The van der Waals surface area contributed by atoms with Gasteiger partial charge in [0.15, 0.2) is 5.78 Å². The molecule has 0 unspecified atom stereocenters. The van der Waals surface area contributed by atoms with Gasteiger partial charge in [0.05, 0.1) is 16.5 Å². The number of amides is 2. The highest BCUT2D eigenvalue weighted by Gasteiger charge is 2.78. The van der Waals surface area contributed by atoms with Crippen molar-refractivity contribution in [1.29, 1.82) is 0 Å². The SMILES string of the molecule is Cc1c(Cl)ccc2c1NC(=O)[C@]21[C@@H](C(=O)c2cccc([N+](=O)[O-])c2)[C@]2(C(=O)Nc3ccccc32)[C@@H]2CCCN21. The largest absolute Gasteiger partial charge is 0.325 e. The summed E-state index contributed by atoms with van der Waals surface area (Å²) < 4.78 is 0. The number of anilines is 2.